The molecule has 0 bridgehead atoms. The van der Waals surface area contributed by atoms with Gasteiger partial charge in [0.15, 0.2) is 0 Å². The summed E-state index contributed by atoms with van der Waals surface area (Å²) in [4.78, 5) is 42.1. The van der Waals surface area contributed by atoms with E-state index < -0.39 is 17.8 Å². The predicted molar refractivity (Wildman–Crippen MR) is 139 cm³/mol. The summed E-state index contributed by atoms with van der Waals surface area (Å²) in [5.74, 6) is 0.469. The third kappa shape index (κ3) is 8.15. The summed E-state index contributed by atoms with van der Waals surface area (Å²) < 4.78 is 11.9. The number of hydrogen-bond donors (Lipinski definition) is 0. The molecular weight excluding hydrogens is 531 g/mol. The molecule has 2 amide bonds. The second kappa shape index (κ2) is 14.9. The van der Waals surface area contributed by atoms with Crippen LogP contribution in [0.5, 0.6) is 11.5 Å². The molecule has 0 aliphatic carbocycles. The van der Waals surface area contributed by atoms with Crippen LogP contribution in [-0.4, -0.2) is 34.1 Å². The Morgan fingerprint density at radius 1 is 1.08 bits per heavy atom. The standard InChI is InChI=1S/C27H25N2O6.C2H5.Ni/c30-24-17-18-25(31)29(24)35-27(32)16-5-2-9-19-28-22-13-6-7-14-23(22)34-26(28)15-8-10-20-33-21-11-3-1-4-12-21;1-2;/h1,3-4,6-8,10-11,13-15H,2,5,9,16-19H2;1H2,2H3;/q2*-1;/b10-8+,26-15+;;. The SMILES string of the molecule is O=C(CCCCCN1/C(=C\C=C\[C](=[Ni])Oc2[c-]cccc2)Oc2ccccc21)ON1C(=O)CCC1=O.[CH2-]C. The van der Waals surface area contributed by atoms with Crippen LogP contribution in [0.3, 0.4) is 0 Å². The fourth-order valence-corrected chi connectivity index (χ4v) is 3.91. The van der Waals surface area contributed by atoms with E-state index in [1.165, 1.54) is 0 Å². The third-order valence-electron chi connectivity index (χ3n) is 5.44. The maximum Gasteiger partial charge on any atom is 0.264 e. The van der Waals surface area contributed by atoms with Gasteiger partial charge in [-0.2, -0.15) is 6.92 Å². The van der Waals surface area contributed by atoms with Gasteiger partial charge in [-0.05, 0) is 0 Å². The summed E-state index contributed by atoms with van der Waals surface area (Å²) in [6.45, 7) is 5.68. The first-order valence-corrected chi connectivity index (χ1v) is 12.8. The number of amides is 2. The number of anilines is 1. The number of nitrogens with zero attached hydrogens (tertiary/aromatic N) is 2. The number of rotatable bonds is 11. The van der Waals surface area contributed by atoms with Crippen molar-refractivity contribution >= 4 is 28.1 Å². The number of imide groups is 1. The van der Waals surface area contributed by atoms with Gasteiger partial charge < -0.3 is 11.8 Å². The Bertz CT molecular complexity index is 1180. The number of ether oxygens (including phenoxy) is 2. The number of carbonyl (C=O) groups excluding carboxylic acids is 3. The quantitative estimate of drug-likeness (QED) is 0.168. The van der Waals surface area contributed by atoms with Gasteiger partial charge in [0.05, 0.1) is 0 Å². The van der Waals surface area contributed by atoms with Crippen LogP contribution in [0.25, 0.3) is 0 Å². The topological polar surface area (TPSA) is 85.4 Å². The molecule has 0 saturated carbocycles. The number of unbranched alkanes of at least 4 members (excludes halogenated alkanes) is 2. The second-order valence-electron chi connectivity index (χ2n) is 8.04. The number of benzene rings is 2. The molecule has 2 aliphatic rings. The number of fused-ring (bicyclic) bond motifs is 1. The van der Waals surface area contributed by atoms with Crippen molar-refractivity contribution in [1.29, 1.82) is 0 Å². The van der Waals surface area contributed by atoms with E-state index in [1.54, 1.807) is 31.2 Å². The van der Waals surface area contributed by atoms with Crippen molar-refractivity contribution < 1.29 is 43.7 Å². The second-order valence-corrected chi connectivity index (χ2v) is 8.53. The summed E-state index contributed by atoms with van der Waals surface area (Å²) in [5, 5.41) is 0.584. The van der Waals surface area contributed by atoms with Crippen LogP contribution in [0.15, 0.2) is 72.6 Å². The molecule has 0 N–H and O–H groups in total. The molecule has 9 heteroatoms. The van der Waals surface area contributed by atoms with Crippen molar-refractivity contribution in [3.63, 3.8) is 0 Å². The average molecular weight is 561 g/mol. The van der Waals surface area contributed by atoms with Crippen molar-refractivity contribution in [2.24, 2.45) is 0 Å². The zero-order valence-electron chi connectivity index (χ0n) is 21.2. The molecule has 0 atom stereocenters. The predicted octanol–water partition coefficient (Wildman–Crippen LogP) is 4.85. The molecule has 38 heavy (non-hydrogen) atoms. The summed E-state index contributed by atoms with van der Waals surface area (Å²) in [7, 11) is 0. The van der Waals surface area contributed by atoms with E-state index in [2.05, 4.69) is 17.9 Å². The van der Waals surface area contributed by atoms with E-state index in [0.29, 0.717) is 34.3 Å². The van der Waals surface area contributed by atoms with Crippen LogP contribution in [0.1, 0.15) is 45.4 Å². The zero-order chi connectivity index (χ0) is 27.3. The van der Waals surface area contributed by atoms with Crippen molar-refractivity contribution in [2.75, 3.05) is 11.4 Å². The molecule has 2 aromatic carbocycles. The van der Waals surface area contributed by atoms with Gasteiger partial charge in [0.2, 0.25) is 0 Å². The van der Waals surface area contributed by atoms with Gasteiger partial charge >= 0.3 is 168 Å². The van der Waals surface area contributed by atoms with Crippen LogP contribution in [0, 0.1) is 13.0 Å². The summed E-state index contributed by atoms with van der Waals surface area (Å²) in [6.07, 6.45) is 7.74. The molecule has 0 unspecified atom stereocenters. The fourth-order valence-electron chi connectivity index (χ4n) is 3.70. The Labute approximate surface area is 230 Å². The normalized spacial score (nSPS) is 15.3. The Balaban J connectivity index is 0.00000195. The van der Waals surface area contributed by atoms with Gasteiger partial charge in [-0.3, -0.25) is 9.59 Å². The summed E-state index contributed by atoms with van der Waals surface area (Å²) in [5.41, 5.74) is 0.961. The molecular formula is C29H30N2NiO6-2. The fraction of sp³-hybridized carbons (Fsp3) is 0.276. The Kier molecular flexibility index (Phi) is 11.3. The van der Waals surface area contributed by atoms with Crippen LogP contribution in [0.2, 0.25) is 0 Å². The monoisotopic (exact) mass is 560 g/mol. The number of carbonyl (C=O) groups is 3. The first kappa shape index (κ1) is 28.9. The molecule has 2 aliphatic heterocycles. The molecule has 2 heterocycles. The van der Waals surface area contributed by atoms with Crippen molar-refractivity contribution in [3.05, 3.63) is 85.6 Å². The Morgan fingerprint density at radius 2 is 1.82 bits per heavy atom. The summed E-state index contributed by atoms with van der Waals surface area (Å²) >= 11 is 4.92. The van der Waals surface area contributed by atoms with E-state index in [9.17, 15) is 14.4 Å². The molecule has 204 valence electrons. The van der Waals surface area contributed by atoms with Gasteiger partial charge in [-0.1, -0.05) is 0 Å². The van der Waals surface area contributed by atoms with Gasteiger partial charge in [-0.15, -0.1) is 5.06 Å². The van der Waals surface area contributed by atoms with E-state index >= 15 is 0 Å². The molecule has 1 fully saturated rings. The van der Waals surface area contributed by atoms with Crippen molar-refractivity contribution in [2.45, 2.75) is 45.4 Å². The first-order chi connectivity index (χ1) is 18.5. The number of hydrogen-bond acceptors (Lipinski definition) is 7. The van der Waals surface area contributed by atoms with Crippen molar-refractivity contribution in [3.8, 4) is 11.5 Å². The minimum absolute atomic E-state index is 0.0849. The largest absolute Gasteiger partial charge is 0.346 e. The van der Waals surface area contributed by atoms with Crippen LogP contribution >= 0.6 is 0 Å². The van der Waals surface area contributed by atoms with Crippen LogP contribution in [-0.2, 0) is 34.3 Å². The van der Waals surface area contributed by atoms with E-state index in [0.717, 1.165) is 24.3 Å². The number of hydroxylamine groups is 2. The Hall–Kier alpha value is -3.71. The molecule has 1 saturated heterocycles. The van der Waals surface area contributed by atoms with Gasteiger partial charge in [0.1, 0.15) is 0 Å². The van der Waals surface area contributed by atoms with Crippen LogP contribution in [0.4, 0.5) is 5.69 Å². The smallest absolute Gasteiger partial charge is 0.264 e. The number of allylic oxidation sites excluding steroid dienone is 2. The van der Waals surface area contributed by atoms with Crippen LogP contribution < -0.4 is 14.4 Å². The summed E-state index contributed by atoms with van der Waals surface area (Å²) in [6, 6.07) is 18.0. The molecule has 0 spiro atoms. The maximum atomic E-state index is 12.0. The number of para-hydroxylation sites is 3. The van der Waals surface area contributed by atoms with Gasteiger partial charge in [0, 0.05) is 12.8 Å². The minimum atomic E-state index is -0.577. The molecule has 8 nitrogen and oxygen atoms in total. The van der Waals surface area contributed by atoms with E-state index in [-0.39, 0.29) is 19.3 Å². The van der Waals surface area contributed by atoms with Gasteiger partial charge in [-0.25, -0.2) is 4.79 Å². The maximum absolute atomic E-state index is 12.0. The molecule has 0 aromatic heterocycles. The van der Waals surface area contributed by atoms with E-state index in [1.807, 2.05) is 42.5 Å². The average Bonchev–Trinajstić information content (AvgIpc) is 3.44. The molecule has 4 rings (SSSR count). The zero-order valence-corrected chi connectivity index (χ0v) is 22.2. The minimum Gasteiger partial charge on any atom is -0.346 e. The van der Waals surface area contributed by atoms with Gasteiger partial charge in [0.25, 0.3) is 11.8 Å². The first-order valence-electron chi connectivity index (χ1n) is 12.4. The molecule has 2 aromatic rings. The Morgan fingerprint density at radius 3 is 2.55 bits per heavy atom. The van der Waals surface area contributed by atoms with Crippen molar-refractivity contribution in [1.82, 2.24) is 5.06 Å². The third-order valence-corrected chi connectivity index (χ3v) is 5.70. The van der Waals surface area contributed by atoms with E-state index in [4.69, 9.17) is 29.3 Å². The molecule has 0 radical (unpaired) electrons.